The van der Waals surface area contributed by atoms with Crippen molar-refractivity contribution >= 4 is 11.7 Å². The molecule has 0 aliphatic carbocycles. The summed E-state index contributed by atoms with van der Waals surface area (Å²) in [5.41, 5.74) is 1.97. The van der Waals surface area contributed by atoms with Crippen LogP contribution in [0.25, 0.3) is 0 Å². The molecule has 0 fully saturated rings. The highest BCUT2D eigenvalue weighted by atomic mass is 16.4. The largest absolute Gasteiger partial charge is 0.481 e. The van der Waals surface area contributed by atoms with E-state index in [2.05, 4.69) is 24.4 Å². The van der Waals surface area contributed by atoms with Gasteiger partial charge in [0.25, 0.3) is 0 Å². The maximum absolute atomic E-state index is 11.2. The number of unbranched alkanes of at least 4 members (excludes halogenated alkanes) is 12. The fraction of sp³-hybridized carbons (Fsp3) is 0.679. The van der Waals surface area contributed by atoms with Crippen LogP contribution in [0.15, 0.2) is 36.4 Å². The zero-order chi connectivity index (χ0) is 22.6. The van der Waals surface area contributed by atoms with Gasteiger partial charge < -0.3 is 10.4 Å². The Morgan fingerprint density at radius 1 is 0.806 bits per heavy atom. The first-order valence-electron chi connectivity index (χ1n) is 12.9. The Hall–Kier alpha value is -1.77. The molecular weight excluding hydrogens is 382 g/mol. The second-order valence-electron chi connectivity index (χ2n) is 8.79. The maximum Gasteiger partial charge on any atom is 0.310 e. The minimum atomic E-state index is -0.743. The van der Waals surface area contributed by atoms with Crippen molar-refractivity contribution in [1.29, 1.82) is 0 Å². The molecule has 0 aromatic heterocycles. The van der Waals surface area contributed by atoms with Crippen LogP contribution in [0.4, 0.5) is 5.69 Å². The summed E-state index contributed by atoms with van der Waals surface area (Å²) in [5.74, 6) is -1.14. The molecule has 0 spiro atoms. The molecule has 3 nitrogen and oxygen atoms in total. The first-order chi connectivity index (χ1) is 15.2. The van der Waals surface area contributed by atoms with Gasteiger partial charge in [-0.3, -0.25) is 4.79 Å². The second kappa shape index (κ2) is 19.0. The van der Waals surface area contributed by atoms with E-state index in [0.717, 1.165) is 17.8 Å². The molecule has 0 aliphatic heterocycles. The first kappa shape index (κ1) is 27.3. The van der Waals surface area contributed by atoms with Crippen LogP contribution in [0.1, 0.15) is 122 Å². The van der Waals surface area contributed by atoms with Crippen LogP contribution < -0.4 is 5.32 Å². The van der Waals surface area contributed by atoms with Crippen LogP contribution >= 0.6 is 0 Å². The van der Waals surface area contributed by atoms with Gasteiger partial charge in [-0.25, -0.2) is 0 Å². The van der Waals surface area contributed by atoms with Gasteiger partial charge in [-0.15, -0.1) is 0 Å². The monoisotopic (exact) mass is 429 g/mol. The number of rotatable bonds is 20. The molecule has 2 N–H and O–H groups in total. The lowest BCUT2D eigenvalue weighted by atomic mass is 9.96. The minimum Gasteiger partial charge on any atom is -0.481 e. The first-order valence-corrected chi connectivity index (χ1v) is 12.9. The van der Waals surface area contributed by atoms with E-state index in [1.54, 1.807) is 0 Å². The van der Waals surface area contributed by atoms with Crippen molar-refractivity contribution in [3.05, 3.63) is 42.0 Å². The molecule has 0 radical (unpaired) electrons. The Morgan fingerprint density at radius 3 is 1.84 bits per heavy atom. The Balaban J connectivity index is 1.93. The Labute approximate surface area is 191 Å². The lowest BCUT2D eigenvalue weighted by Crippen LogP contribution is -2.10. The molecule has 1 aromatic rings. The van der Waals surface area contributed by atoms with Crippen molar-refractivity contribution in [3.63, 3.8) is 0 Å². The lowest BCUT2D eigenvalue weighted by molar-refractivity contribution is -0.138. The van der Waals surface area contributed by atoms with E-state index >= 15 is 0 Å². The quantitative estimate of drug-likeness (QED) is 0.161. The summed E-state index contributed by atoms with van der Waals surface area (Å²) in [6.07, 6.45) is 24.0. The van der Waals surface area contributed by atoms with Crippen molar-refractivity contribution in [2.75, 3.05) is 11.9 Å². The van der Waals surface area contributed by atoms with Gasteiger partial charge in [-0.05, 0) is 56.2 Å². The molecule has 1 aromatic carbocycles. The van der Waals surface area contributed by atoms with Crippen molar-refractivity contribution in [2.24, 2.45) is 0 Å². The third kappa shape index (κ3) is 14.0. The number of hydrogen-bond donors (Lipinski definition) is 2. The average molecular weight is 430 g/mol. The zero-order valence-electron chi connectivity index (χ0n) is 20.2. The third-order valence-corrected chi connectivity index (χ3v) is 6.04. The molecule has 3 heteroatoms. The average Bonchev–Trinajstić information content (AvgIpc) is 2.77. The molecule has 1 atom stereocenters. The van der Waals surface area contributed by atoms with E-state index in [1.165, 1.54) is 89.9 Å². The van der Waals surface area contributed by atoms with Gasteiger partial charge in [0, 0.05) is 12.2 Å². The molecule has 0 amide bonds. The molecule has 0 bridgehead atoms. The van der Waals surface area contributed by atoms with Crippen molar-refractivity contribution in [1.82, 2.24) is 0 Å². The summed E-state index contributed by atoms with van der Waals surface area (Å²) in [4.78, 5) is 11.2. The molecule has 176 valence electrons. The molecule has 0 aliphatic rings. The van der Waals surface area contributed by atoms with Crippen LogP contribution in [-0.4, -0.2) is 17.6 Å². The summed E-state index contributed by atoms with van der Waals surface area (Å²) in [5, 5.41) is 12.7. The highest BCUT2D eigenvalue weighted by Gasteiger charge is 2.16. The minimum absolute atomic E-state index is 0.398. The van der Waals surface area contributed by atoms with Gasteiger partial charge in [-0.1, -0.05) is 95.9 Å². The molecule has 1 unspecified atom stereocenters. The second-order valence-corrected chi connectivity index (χ2v) is 8.79. The number of carboxylic acid groups (broad SMARTS) is 1. The Kier molecular flexibility index (Phi) is 16.7. The maximum atomic E-state index is 11.2. The molecule has 31 heavy (non-hydrogen) atoms. The fourth-order valence-electron chi connectivity index (χ4n) is 3.99. The van der Waals surface area contributed by atoms with Gasteiger partial charge in [0.15, 0.2) is 0 Å². The Morgan fingerprint density at radius 2 is 1.32 bits per heavy atom. The highest BCUT2D eigenvalue weighted by molar-refractivity contribution is 5.76. The van der Waals surface area contributed by atoms with Crippen molar-refractivity contribution in [3.8, 4) is 0 Å². The number of carbonyl (C=O) groups is 1. The van der Waals surface area contributed by atoms with Crippen molar-refractivity contribution < 1.29 is 9.90 Å². The van der Waals surface area contributed by atoms with Crippen molar-refractivity contribution in [2.45, 2.75) is 116 Å². The van der Waals surface area contributed by atoms with E-state index in [1.807, 2.05) is 31.2 Å². The molecule has 1 rings (SSSR count). The lowest BCUT2D eigenvalue weighted by Gasteiger charge is -2.12. The van der Waals surface area contributed by atoms with Crippen LogP contribution in [0, 0.1) is 0 Å². The van der Waals surface area contributed by atoms with Crippen LogP contribution in [-0.2, 0) is 4.79 Å². The summed E-state index contributed by atoms with van der Waals surface area (Å²) in [7, 11) is 0. The zero-order valence-corrected chi connectivity index (χ0v) is 20.2. The predicted octanol–water partition coefficient (Wildman–Crippen LogP) is 8.71. The van der Waals surface area contributed by atoms with Gasteiger partial charge in [0.05, 0.1) is 5.92 Å². The molecule has 0 heterocycles. The van der Waals surface area contributed by atoms with Gasteiger partial charge >= 0.3 is 5.97 Å². The summed E-state index contributed by atoms with van der Waals surface area (Å²) in [6.45, 7) is 5.17. The van der Waals surface area contributed by atoms with E-state index in [9.17, 15) is 9.90 Å². The summed E-state index contributed by atoms with van der Waals surface area (Å²) < 4.78 is 0. The Bertz CT molecular complexity index is 579. The molecule has 0 saturated heterocycles. The van der Waals surface area contributed by atoms with Crippen LogP contribution in [0.5, 0.6) is 0 Å². The SMILES string of the molecule is CCCCCCCC/C=C/CCCCCCCCNc1ccc(C(CC)C(=O)O)cc1. The van der Waals surface area contributed by atoms with E-state index < -0.39 is 11.9 Å². The fourth-order valence-corrected chi connectivity index (χ4v) is 3.99. The standard InChI is InChI=1S/C28H47NO2/c1-3-5-6-7-8-9-10-11-12-13-14-15-16-17-18-19-24-29-26-22-20-25(21-23-26)27(4-2)28(30)31/h11-12,20-23,27,29H,3-10,13-19,24H2,1-2H3,(H,30,31)/b12-11+. The number of allylic oxidation sites excluding steroid dienone is 2. The highest BCUT2D eigenvalue weighted by Crippen LogP contribution is 2.21. The van der Waals surface area contributed by atoms with Gasteiger partial charge in [-0.2, -0.15) is 0 Å². The van der Waals surface area contributed by atoms with E-state index in [4.69, 9.17) is 0 Å². The molecule has 0 saturated carbocycles. The smallest absolute Gasteiger partial charge is 0.310 e. The number of carboxylic acids is 1. The topological polar surface area (TPSA) is 49.3 Å². The number of aliphatic carboxylic acids is 1. The number of nitrogens with one attached hydrogen (secondary N) is 1. The van der Waals surface area contributed by atoms with E-state index in [-0.39, 0.29) is 0 Å². The molecular formula is C28H47NO2. The third-order valence-electron chi connectivity index (χ3n) is 6.04. The van der Waals surface area contributed by atoms with Crippen LogP contribution in [0.2, 0.25) is 0 Å². The van der Waals surface area contributed by atoms with E-state index in [0.29, 0.717) is 6.42 Å². The number of benzene rings is 1. The van der Waals surface area contributed by atoms with Gasteiger partial charge in [0.2, 0.25) is 0 Å². The van der Waals surface area contributed by atoms with Gasteiger partial charge in [0.1, 0.15) is 0 Å². The predicted molar refractivity (Wildman–Crippen MR) is 135 cm³/mol. The number of anilines is 1. The summed E-state index contributed by atoms with van der Waals surface area (Å²) in [6, 6.07) is 7.88. The van der Waals surface area contributed by atoms with Crippen LogP contribution in [0.3, 0.4) is 0 Å². The summed E-state index contributed by atoms with van der Waals surface area (Å²) >= 11 is 0. The normalized spacial score (nSPS) is 12.3. The number of hydrogen-bond acceptors (Lipinski definition) is 2.